The smallest absolute Gasteiger partial charge is 0.236 e. The Labute approximate surface area is 177 Å². The Morgan fingerprint density at radius 3 is 2.90 bits per heavy atom. The summed E-state index contributed by atoms with van der Waals surface area (Å²) >= 11 is 2.67. The Morgan fingerprint density at radius 2 is 2.14 bits per heavy atom. The number of benzene rings is 1. The van der Waals surface area contributed by atoms with Crippen LogP contribution in [0.25, 0.3) is 11.3 Å². The summed E-state index contributed by atoms with van der Waals surface area (Å²) in [6.07, 6.45) is 2.99. The van der Waals surface area contributed by atoms with Gasteiger partial charge in [0.25, 0.3) is 0 Å². The molecule has 0 unspecified atom stereocenters. The van der Waals surface area contributed by atoms with E-state index in [1.165, 1.54) is 23.1 Å². The van der Waals surface area contributed by atoms with Crippen LogP contribution < -0.4 is 10.1 Å². The maximum Gasteiger partial charge on any atom is 0.236 e. The Hall–Kier alpha value is -2.89. The van der Waals surface area contributed by atoms with E-state index in [2.05, 4.69) is 21.4 Å². The summed E-state index contributed by atoms with van der Waals surface area (Å²) in [6, 6.07) is 11.7. The highest BCUT2D eigenvalue weighted by Crippen LogP contribution is 2.29. The first-order valence-corrected chi connectivity index (χ1v) is 11.0. The molecule has 8 heteroatoms. The Bertz CT molecular complexity index is 1090. The number of ether oxygens (including phenoxy) is 1. The third-order valence-corrected chi connectivity index (χ3v) is 6.36. The van der Waals surface area contributed by atoms with Crippen LogP contribution in [0.5, 0.6) is 5.75 Å². The average Bonchev–Trinajstić information content (AvgIpc) is 3.40. The fraction of sp³-hybridized carbons (Fsp3) is 0.238. The average molecular weight is 423 g/mol. The van der Waals surface area contributed by atoms with Gasteiger partial charge in [0.15, 0.2) is 5.13 Å². The number of fused-ring (bicyclic) bond motifs is 1. The molecule has 0 fully saturated rings. The summed E-state index contributed by atoms with van der Waals surface area (Å²) in [4.78, 5) is 21.4. The molecule has 0 atom stereocenters. The summed E-state index contributed by atoms with van der Waals surface area (Å²) in [6.45, 7) is 0. The number of methoxy groups -OCH3 is 1. The van der Waals surface area contributed by atoms with Crippen molar-refractivity contribution in [3.63, 3.8) is 0 Å². The SMILES string of the molecule is COc1ccc(-c2csc(NC(=O)CSc3nc4c(cc3C#N)CCC4)n2)cc1. The minimum atomic E-state index is -0.170. The fourth-order valence-electron chi connectivity index (χ4n) is 3.16. The van der Waals surface area contributed by atoms with Crippen LogP contribution in [0.2, 0.25) is 0 Å². The van der Waals surface area contributed by atoms with Gasteiger partial charge in [0.05, 0.1) is 24.1 Å². The van der Waals surface area contributed by atoms with Crippen molar-refractivity contribution in [2.45, 2.75) is 24.3 Å². The van der Waals surface area contributed by atoms with Gasteiger partial charge in [-0.05, 0) is 55.2 Å². The van der Waals surface area contributed by atoms with Crippen LogP contribution in [-0.2, 0) is 17.6 Å². The highest BCUT2D eigenvalue weighted by atomic mass is 32.2. The summed E-state index contributed by atoms with van der Waals surface area (Å²) in [5, 5.41) is 15.3. The minimum absolute atomic E-state index is 0.170. The quantitative estimate of drug-likeness (QED) is 0.596. The van der Waals surface area contributed by atoms with E-state index >= 15 is 0 Å². The molecule has 2 heterocycles. The first-order valence-electron chi connectivity index (χ1n) is 9.12. The van der Waals surface area contributed by atoms with Crippen LogP contribution in [-0.4, -0.2) is 28.7 Å². The van der Waals surface area contributed by atoms with Crippen molar-refractivity contribution in [2.24, 2.45) is 0 Å². The largest absolute Gasteiger partial charge is 0.497 e. The Kier molecular flexibility index (Phi) is 5.79. The summed E-state index contributed by atoms with van der Waals surface area (Å²) in [5.74, 6) is 0.793. The highest BCUT2D eigenvalue weighted by Gasteiger charge is 2.18. The van der Waals surface area contributed by atoms with Gasteiger partial charge in [-0.25, -0.2) is 9.97 Å². The standard InChI is InChI=1S/C21H18N4O2S2/c1-27-16-7-5-13(6-8-16)18-11-29-21(24-18)25-19(26)12-28-20-15(10-22)9-14-3-2-4-17(14)23-20/h5-9,11H,2-4,12H2,1H3,(H,24,25,26). The van der Waals surface area contributed by atoms with Gasteiger partial charge in [0, 0.05) is 16.6 Å². The van der Waals surface area contributed by atoms with E-state index in [1.807, 2.05) is 35.7 Å². The Balaban J connectivity index is 1.38. The van der Waals surface area contributed by atoms with E-state index < -0.39 is 0 Å². The third kappa shape index (κ3) is 4.42. The van der Waals surface area contributed by atoms with Gasteiger partial charge in [-0.1, -0.05) is 11.8 Å². The molecule has 0 radical (unpaired) electrons. The van der Waals surface area contributed by atoms with E-state index in [1.54, 1.807) is 7.11 Å². The van der Waals surface area contributed by atoms with E-state index in [0.29, 0.717) is 15.7 Å². The maximum absolute atomic E-state index is 12.4. The molecule has 0 aliphatic heterocycles. The number of pyridine rings is 1. The van der Waals surface area contributed by atoms with E-state index in [4.69, 9.17) is 4.74 Å². The number of nitriles is 1. The van der Waals surface area contributed by atoms with Gasteiger partial charge >= 0.3 is 0 Å². The minimum Gasteiger partial charge on any atom is -0.497 e. The topological polar surface area (TPSA) is 87.9 Å². The van der Waals surface area contributed by atoms with Crippen LogP contribution in [0.15, 0.2) is 40.7 Å². The van der Waals surface area contributed by atoms with Crippen molar-refractivity contribution in [3.05, 3.63) is 52.5 Å². The lowest BCUT2D eigenvalue weighted by Crippen LogP contribution is -2.14. The zero-order chi connectivity index (χ0) is 20.2. The van der Waals surface area contributed by atoms with Crippen molar-refractivity contribution in [2.75, 3.05) is 18.2 Å². The zero-order valence-corrected chi connectivity index (χ0v) is 17.4. The fourth-order valence-corrected chi connectivity index (χ4v) is 4.67. The van der Waals surface area contributed by atoms with Gasteiger partial charge in [0.2, 0.25) is 5.91 Å². The van der Waals surface area contributed by atoms with E-state index in [9.17, 15) is 10.1 Å². The zero-order valence-electron chi connectivity index (χ0n) is 15.8. The van der Waals surface area contributed by atoms with Gasteiger partial charge < -0.3 is 10.1 Å². The van der Waals surface area contributed by atoms with Crippen LogP contribution >= 0.6 is 23.1 Å². The van der Waals surface area contributed by atoms with E-state index in [0.717, 1.165) is 47.5 Å². The lowest BCUT2D eigenvalue weighted by molar-refractivity contribution is -0.113. The normalized spacial score (nSPS) is 12.3. The number of thioether (sulfide) groups is 1. The third-order valence-electron chi connectivity index (χ3n) is 4.61. The van der Waals surface area contributed by atoms with Gasteiger partial charge in [-0.2, -0.15) is 5.26 Å². The molecule has 1 aliphatic carbocycles. The predicted molar refractivity (Wildman–Crippen MR) is 114 cm³/mol. The molecule has 0 saturated carbocycles. The van der Waals surface area contributed by atoms with Crippen molar-refractivity contribution < 1.29 is 9.53 Å². The van der Waals surface area contributed by atoms with E-state index in [-0.39, 0.29) is 11.7 Å². The molecule has 0 spiro atoms. The van der Waals surface area contributed by atoms with Gasteiger partial charge in [-0.3, -0.25) is 4.79 Å². The number of rotatable bonds is 6. The number of amides is 1. The molecule has 0 saturated heterocycles. The molecule has 29 heavy (non-hydrogen) atoms. The summed E-state index contributed by atoms with van der Waals surface area (Å²) in [7, 11) is 1.63. The van der Waals surface area contributed by atoms with Gasteiger partial charge in [-0.15, -0.1) is 11.3 Å². The van der Waals surface area contributed by atoms with Crippen molar-refractivity contribution in [1.29, 1.82) is 5.26 Å². The molecular formula is C21H18N4O2S2. The van der Waals surface area contributed by atoms with Crippen molar-refractivity contribution >= 4 is 34.1 Å². The summed E-state index contributed by atoms with van der Waals surface area (Å²) in [5.41, 5.74) is 4.50. The van der Waals surface area contributed by atoms with Gasteiger partial charge in [0.1, 0.15) is 16.8 Å². The number of hydrogen-bond donors (Lipinski definition) is 1. The molecule has 2 aromatic heterocycles. The Morgan fingerprint density at radius 1 is 1.31 bits per heavy atom. The second-order valence-electron chi connectivity index (χ2n) is 6.52. The molecule has 146 valence electrons. The van der Waals surface area contributed by atoms with Crippen LogP contribution in [0, 0.1) is 11.3 Å². The lowest BCUT2D eigenvalue weighted by atomic mass is 10.2. The molecule has 3 aromatic rings. The number of aryl methyl sites for hydroxylation is 2. The molecule has 1 amide bonds. The molecule has 1 N–H and O–H groups in total. The van der Waals surface area contributed by atoms with Crippen LogP contribution in [0.4, 0.5) is 5.13 Å². The monoisotopic (exact) mass is 422 g/mol. The molecule has 1 aromatic carbocycles. The van der Waals surface area contributed by atoms with Crippen LogP contribution in [0.1, 0.15) is 23.2 Å². The highest BCUT2D eigenvalue weighted by molar-refractivity contribution is 8.00. The van der Waals surface area contributed by atoms with Crippen molar-refractivity contribution in [3.8, 4) is 23.1 Å². The molecular weight excluding hydrogens is 404 g/mol. The summed E-state index contributed by atoms with van der Waals surface area (Å²) < 4.78 is 5.16. The van der Waals surface area contributed by atoms with Crippen LogP contribution in [0.3, 0.4) is 0 Å². The van der Waals surface area contributed by atoms with Crippen molar-refractivity contribution in [1.82, 2.24) is 9.97 Å². The number of thiazole rings is 1. The predicted octanol–water partition coefficient (Wildman–Crippen LogP) is 4.30. The number of hydrogen-bond acceptors (Lipinski definition) is 7. The number of aromatic nitrogens is 2. The maximum atomic E-state index is 12.4. The number of nitrogens with zero attached hydrogens (tertiary/aromatic N) is 3. The second kappa shape index (κ2) is 8.64. The molecule has 1 aliphatic rings. The number of carbonyl (C=O) groups is 1. The second-order valence-corrected chi connectivity index (χ2v) is 8.34. The number of carbonyl (C=O) groups excluding carboxylic acids is 1. The molecule has 6 nitrogen and oxygen atoms in total. The first kappa shape index (κ1) is 19.4. The molecule has 4 rings (SSSR count). The lowest BCUT2D eigenvalue weighted by Gasteiger charge is -2.06. The molecule has 0 bridgehead atoms. The number of anilines is 1. The number of nitrogens with one attached hydrogen (secondary N) is 1. The first-order chi connectivity index (χ1) is 14.2.